The molecule has 2 atom stereocenters. The highest BCUT2D eigenvalue weighted by atomic mass is 14.9. The van der Waals surface area contributed by atoms with E-state index in [0.29, 0.717) is 10.8 Å². The van der Waals surface area contributed by atoms with Crippen molar-refractivity contribution in [2.24, 2.45) is 16.7 Å². The fraction of sp³-hybridized carbons (Fsp3) is 1.00. The minimum atomic E-state index is 0.473. The maximum absolute atomic E-state index is 3.73. The Kier molecular flexibility index (Phi) is 10.6. The quantitative estimate of drug-likeness (QED) is 0.346. The molecule has 0 aromatic heterocycles. The van der Waals surface area contributed by atoms with Crippen LogP contribution in [0.5, 0.6) is 0 Å². The minimum absolute atomic E-state index is 0.473. The summed E-state index contributed by atoms with van der Waals surface area (Å²) in [4.78, 5) is 0. The molecule has 0 spiro atoms. The highest BCUT2D eigenvalue weighted by Gasteiger charge is 2.47. The molecule has 0 saturated carbocycles. The normalized spacial score (nSPS) is 25.1. The van der Waals surface area contributed by atoms with E-state index in [-0.39, 0.29) is 0 Å². The number of hydrogen-bond acceptors (Lipinski definition) is 1. The van der Waals surface area contributed by atoms with Crippen LogP contribution in [0.2, 0.25) is 0 Å². The second kappa shape index (κ2) is 11.6. The summed E-state index contributed by atoms with van der Waals surface area (Å²) in [6.07, 6.45) is 18.4. The molecule has 0 radical (unpaired) electrons. The van der Waals surface area contributed by atoms with Gasteiger partial charge in [0, 0.05) is 6.54 Å². The van der Waals surface area contributed by atoms with Crippen LogP contribution in [-0.2, 0) is 0 Å². The predicted molar refractivity (Wildman–Crippen MR) is 110 cm³/mol. The number of hydrogen-bond donors (Lipinski definition) is 1. The molecule has 0 amide bonds. The van der Waals surface area contributed by atoms with Crippen molar-refractivity contribution < 1.29 is 0 Å². The Labute approximate surface area is 153 Å². The van der Waals surface area contributed by atoms with E-state index in [0.717, 1.165) is 5.92 Å². The first-order valence-electron chi connectivity index (χ1n) is 11.2. The smallest absolute Gasteiger partial charge is 0.00129 e. The van der Waals surface area contributed by atoms with Gasteiger partial charge in [0.15, 0.2) is 0 Å². The third-order valence-corrected chi connectivity index (χ3v) is 7.38. The van der Waals surface area contributed by atoms with Gasteiger partial charge in [0.1, 0.15) is 0 Å². The summed E-state index contributed by atoms with van der Waals surface area (Å²) in [6.45, 7) is 14.8. The van der Waals surface area contributed by atoms with Crippen molar-refractivity contribution in [3.8, 4) is 0 Å². The van der Waals surface area contributed by atoms with Crippen molar-refractivity contribution in [1.82, 2.24) is 5.32 Å². The van der Waals surface area contributed by atoms with Gasteiger partial charge in [-0.2, -0.15) is 0 Å². The summed E-state index contributed by atoms with van der Waals surface area (Å²) in [5, 5.41) is 3.73. The molecule has 144 valence electrons. The standard InChI is InChI=1S/C23H47N/c1-6-8-10-12-14-17-22(4,18-15-13-11-9-7-2)23(5)20-24-19-16-21(23)3/h21,24H,6-20H2,1-5H3. The van der Waals surface area contributed by atoms with Crippen LogP contribution in [0.1, 0.15) is 118 Å². The van der Waals surface area contributed by atoms with Crippen LogP contribution in [0.15, 0.2) is 0 Å². The van der Waals surface area contributed by atoms with Gasteiger partial charge in [0.25, 0.3) is 0 Å². The molecule has 0 aromatic rings. The molecule has 24 heavy (non-hydrogen) atoms. The van der Waals surface area contributed by atoms with E-state index < -0.39 is 0 Å². The van der Waals surface area contributed by atoms with Crippen LogP contribution in [0.4, 0.5) is 0 Å². The van der Waals surface area contributed by atoms with Gasteiger partial charge in [-0.1, -0.05) is 98.8 Å². The summed E-state index contributed by atoms with van der Waals surface area (Å²) in [5.41, 5.74) is 0.985. The van der Waals surface area contributed by atoms with Gasteiger partial charge < -0.3 is 5.32 Å². The Hall–Kier alpha value is -0.0400. The lowest BCUT2D eigenvalue weighted by Gasteiger charge is -2.53. The molecular formula is C23H47N. The lowest BCUT2D eigenvalue weighted by molar-refractivity contribution is -0.0237. The van der Waals surface area contributed by atoms with E-state index in [4.69, 9.17) is 0 Å². The van der Waals surface area contributed by atoms with Gasteiger partial charge >= 0.3 is 0 Å². The topological polar surface area (TPSA) is 12.0 Å². The maximum Gasteiger partial charge on any atom is 0.00129 e. The fourth-order valence-electron chi connectivity index (χ4n) is 4.90. The SMILES string of the molecule is CCCCCCCC(C)(CCCCCCC)C1(C)CNCCC1C. The van der Waals surface area contributed by atoms with Crippen LogP contribution >= 0.6 is 0 Å². The Bertz CT molecular complexity index is 297. The molecule has 1 aliphatic heterocycles. The van der Waals surface area contributed by atoms with Gasteiger partial charge in [-0.05, 0) is 42.6 Å². The molecular weight excluding hydrogens is 290 g/mol. The van der Waals surface area contributed by atoms with Crippen LogP contribution < -0.4 is 5.32 Å². The average Bonchev–Trinajstić information content (AvgIpc) is 2.57. The third-order valence-electron chi connectivity index (χ3n) is 7.38. The molecule has 1 nitrogen and oxygen atoms in total. The molecule has 0 bridgehead atoms. The molecule has 1 fully saturated rings. The largest absolute Gasteiger partial charge is 0.316 e. The summed E-state index contributed by atoms with van der Waals surface area (Å²) in [6, 6.07) is 0. The fourth-order valence-corrected chi connectivity index (χ4v) is 4.90. The Morgan fingerprint density at radius 3 is 1.83 bits per heavy atom. The molecule has 0 aliphatic carbocycles. The van der Waals surface area contributed by atoms with Crippen molar-refractivity contribution in [3.05, 3.63) is 0 Å². The summed E-state index contributed by atoms with van der Waals surface area (Å²) >= 11 is 0. The van der Waals surface area contributed by atoms with Crippen LogP contribution in [0, 0.1) is 16.7 Å². The first-order chi connectivity index (χ1) is 11.5. The lowest BCUT2D eigenvalue weighted by Crippen LogP contribution is -2.53. The van der Waals surface area contributed by atoms with Gasteiger partial charge in [0.05, 0.1) is 0 Å². The number of unbranched alkanes of at least 4 members (excludes halogenated alkanes) is 8. The number of nitrogens with one attached hydrogen (secondary N) is 1. The zero-order chi connectivity index (χ0) is 17.9. The maximum atomic E-state index is 3.73. The monoisotopic (exact) mass is 337 g/mol. The van der Waals surface area contributed by atoms with E-state index in [9.17, 15) is 0 Å². The van der Waals surface area contributed by atoms with Crippen molar-refractivity contribution in [2.45, 2.75) is 118 Å². The van der Waals surface area contributed by atoms with Crippen LogP contribution in [0.3, 0.4) is 0 Å². The Morgan fingerprint density at radius 2 is 1.38 bits per heavy atom. The highest BCUT2D eigenvalue weighted by Crippen LogP contribution is 2.53. The molecule has 1 heteroatoms. The molecule has 1 N–H and O–H groups in total. The van der Waals surface area contributed by atoms with E-state index in [2.05, 4.69) is 39.9 Å². The second-order valence-electron chi connectivity index (χ2n) is 9.17. The van der Waals surface area contributed by atoms with E-state index in [1.54, 1.807) is 0 Å². The van der Waals surface area contributed by atoms with Gasteiger partial charge in [0.2, 0.25) is 0 Å². The highest BCUT2D eigenvalue weighted by molar-refractivity contribution is 4.99. The van der Waals surface area contributed by atoms with E-state index in [1.165, 1.54) is 96.6 Å². The predicted octanol–water partition coefficient (Wildman–Crippen LogP) is 7.35. The summed E-state index contributed by atoms with van der Waals surface area (Å²) in [5.74, 6) is 0.857. The molecule has 2 unspecified atom stereocenters. The van der Waals surface area contributed by atoms with E-state index >= 15 is 0 Å². The number of piperidine rings is 1. The van der Waals surface area contributed by atoms with Crippen molar-refractivity contribution >= 4 is 0 Å². The zero-order valence-electron chi connectivity index (χ0n) is 17.7. The van der Waals surface area contributed by atoms with Gasteiger partial charge in [-0.15, -0.1) is 0 Å². The van der Waals surface area contributed by atoms with Crippen LogP contribution in [-0.4, -0.2) is 13.1 Å². The summed E-state index contributed by atoms with van der Waals surface area (Å²) < 4.78 is 0. The lowest BCUT2D eigenvalue weighted by atomic mass is 9.54. The molecule has 1 heterocycles. The van der Waals surface area contributed by atoms with Gasteiger partial charge in [-0.3, -0.25) is 0 Å². The molecule has 1 aliphatic rings. The first kappa shape index (κ1) is 22.0. The van der Waals surface area contributed by atoms with E-state index in [1.807, 2.05) is 0 Å². The third kappa shape index (κ3) is 6.36. The van der Waals surface area contributed by atoms with Crippen LogP contribution in [0.25, 0.3) is 0 Å². The minimum Gasteiger partial charge on any atom is -0.316 e. The van der Waals surface area contributed by atoms with Crippen molar-refractivity contribution in [3.63, 3.8) is 0 Å². The average molecular weight is 338 g/mol. The molecule has 0 aromatic carbocycles. The molecule has 1 saturated heterocycles. The van der Waals surface area contributed by atoms with Gasteiger partial charge in [-0.25, -0.2) is 0 Å². The number of rotatable bonds is 13. The summed E-state index contributed by atoms with van der Waals surface area (Å²) in [7, 11) is 0. The van der Waals surface area contributed by atoms with Crippen molar-refractivity contribution in [1.29, 1.82) is 0 Å². The second-order valence-corrected chi connectivity index (χ2v) is 9.17. The zero-order valence-corrected chi connectivity index (χ0v) is 17.7. The molecule has 1 rings (SSSR count). The van der Waals surface area contributed by atoms with Crippen molar-refractivity contribution in [2.75, 3.05) is 13.1 Å². The Morgan fingerprint density at radius 1 is 0.875 bits per heavy atom. The first-order valence-corrected chi connectivity index (χ1v) is 11.2. The Balaban J connectivity index is 2.62.